The summed E-state index contributed by atoms with van der Waals surface area (Å²) in [5.41, 5.74) is 0. The van der Waals surface area contributed by atoms with E-state index in [1.165, 1.54) is 6.42 Å². The Balaban J connectivity index is 1.62. The molecular weight excluding hydrogens is 290 g/mol. The normalized spacial score (nSPS) is 18.3. The zero-order valence-corrected chi connectivity index (χ0v) is 13.8. The van der Waals surface area contributed by atoms with Gasteiger partial charge >= 0.3 is 0 Å². The highest BCUT2D eigenvalue weighted by atomic mass is 16.2. The van der Waals surface area contributed by atoms with Gasteiger partial charge in [-0.15, -0.1) is 0 Å². The second-order valence-electron chi connectivity index (χ2n) is 6.12. The number of carbonyl (C=O) groups excluding carboxylic acids is 1. The maximum Gasteiger partial charge on any atom is 0.242 e. The number of piperidine rings is 1. The first kappa shape index (κ1) is 15.8. The highest BCUT2D eigenvalue weighted by molar-refractivity contribution is 5.76. The number of likely N-dealkylation sites (tertiary alicyclic amines) is 1. The van der Waals surface area contributed by atoms with E-state index < -0.39 is 0 Å². The molecule has 0 saturated carbocycles. The van der Waals surface area contributed by atoms with Crippen molar-refractivity contribution >= 4 is 5.91 Å². The molecule has 1 amide bonds. The quantitative estimate of drug-likeness (QED) is 0.820. The lowest BCUT2D eigenvalue weighted by Gasteiger charge is -2.36. The van der Waals surface area contributed by atoms with Crippen LogP contribution in [-0.2, 0) is 24.3 Å². The summed E-state index contributed by atoms with van der Waals surface area (Å²) in [5, 5.41) is 4.25. The molecule has 0 aliphatic carbocycles. The molecule has 1 saturated heterocycles. The molecule has 0 aromatic carbocycles. The van der Waals surface area contributed by atoms with Gasteiger partial charge in [0.1, 0.15) is 12.4 Å². The van der Waals surface area contributed by atoms with Gasteiger partial charge in [0.25, 0.3) is 0 Å². The molecule has 1 aliphatic rings. The molecule has 6 heteroatoms. The van der Waals surface area contributed by atoms with E-state index in [2.05, 4.69) is 21.9 Å². The number of aromatic nitrogens is 4. The Morgan fingerprint density at radius 2 is 2.22 bits per heavy atom. The highest BCUT2D eigenvalue weighted by Crippen LogP contribution is 2.21. The maximum atomic E-state index is 12.8. The minimum Gasteiger partial charge on any atom is -0.338 e. The summed E-state index contributed by atoms with van der Waals surface area (Å²) in [7, 11) is 0. The molecule has 1 fully saturated rings. The van der Waals surface area contributed by atoms with Gasteiger partial charge in [0.05, 0.1) is 0 Å². The summed E-state index contributed by atoms with van der Waals surface area (Å²) >= 11 is 0. The van der Waals surface area contributed by atoms with Crippen LogP contribution in [0.4, 0.5) is 0 Å². The van der Waals surface area contributed by atoms with Crippen LogP contribution < -0.4 is 0 Å². The third-order valence-electron chi connectivity index (χ3n) is 4.62. The molecule has 1 aliphatic heterocycles. The molecular formula is C17H25N5O. The Bertz CT molecular complexity index is 619. The van der Waals surface area contributed by atoms with E-state index in [9.17, 15) is 4.79 Å². The van der Waals surface area contributed by atoms with E-state index >= 15 is 0 Å². The van der Waals surface area contributed by atoms with Crippen LogP contribution in [0.1, 0.15) is 38.4 Å². The van der Waals surface area contributed by atoms with Crippen LogP contribution in [0, 0.1) is 0 Å². The average molecular weight is 315 g/mol. The van der Waals surface area contributed by atoms with Crippen molar-refractivity contribution in [2.75, 3.05) is 6.54 Å². The molecule has 3 heterocycles. The highest BCUT2D eigenvalue weighted by Gasteiger charge is 2.26. The van der Waals surface area contributed by atoms with Gasteiger partial charge in [0.15, 0.2) is 0 Å². The minimum absolute atomic E-state index is 0.211. The first-order valence-corrected chi connectivity index (χ1v) is 8.55. The van der Waals surface area contributed by atoms with Crippen LogP contribution >= 0.6 is 0 Å². The number of imidazole rings is 1. The van der Waals surface area contributed by atoms with E-state index in [0.29, 0.717) is 12.6 Å². The molecule has 0 N–H and O–H groups in total. The Morgan fingerprint density at radius 3 is 3.00 bits per heavy atom. The Labute approximate surface area is 137 Å². The third kappa shape index (κ3) is 3.81. The number of rotatable bonds is 6. The monoisotopic (exact) mass is 315 g/mol. The summed E-state index contributed by atoms with van der Waals surface area (Å²) in [4.78, 5) is 19.1. The second-order valence-corrected chi connectivity index (χ2v) is 6.12. The third-order valence-corrected chi connectivity index (χ3v) is 4.62. The molecule has 23 heavy (non-hydrogen) atoms. The van der Waals surface area contributed by atoms with Gasteiger partial charge in [-0.3, -0.25) is 9.48 Å². The summed E-state index contributed by atoms with van der Waals surface area (Å²) in [6.07, 6.45) is 12.7. The van der Waals surface area contributed by atoms with Crippen molar-refractivity contribution in [3.05, 3.63) is 36.7 Å². The van der Waals surface area contributed by atoms with Crippen LogP contribution in [0.3, 0.4) is 0 Å². The van der Waals surface area contributed by atoms with Crippen molar-refractivity contribution in [3.63, 3.8) is 0 Å². The van der Waals surface area contributed by atoms with Gasteiger partial charge in [-0.1, -0.05) is 6.92 Å². The van der Waals surface area contributed by atoms with Crippen LogP contribution in [0.5, 0.6) is 0 Å². The van der Waals surface area contributed by atoms with Crippen molar-refractivity contribution in [1.82, 2.24) is 24.2 Å². The summed E-state index contributed by atoms with van der Waals surface area (Å²) in [6, 6.07) is 2.27. The topological polar surface area (TPSA) is 56.0 Å². The van der Waals surface area contributed by atoms with Crippen molar-refractivity contribution in [2.24, 2.45) is 0 Å². The number of nitrogens with zero attached hydrogens (tertiary/aromatic N) is 5. The number of hydrogen-bond donors (Lipinski definition) is 0. The standard InChI is InChI=1S/C17H25N5O/c1-2-16-18-9-13-20(16)14-17(23)22-11-4-3-6-15(22)7-12-21-10-5-8-19-21/h5,8-10,13,15H,2-4,6-7,11-12,14H2,1H3/t15-/m1/s1. The average Bonchev–Trinajstić information content (AvgIpc) is 3.24. The van der Waals surface area contributed by atoms with Crippen molar-refractivity contribution < 1.29 is 4.79 Å². The maximum absolute atomic E-state index is 12.8. The molecule has 6 nitrogen and oxygen atoms in total. The Hall–Kier alpha value is -2.11. The lowest BCUT2D eigenvalue weighted by molar-refractivity contribution is -0.135. The Kier molecular flexibility index (Phi) is 5.10. The van der Waals surface area contributed by atoms with E-state index in [1.807, 2.05) is 27.7 Å². The van der Waals surface area contributed by atoms with Gasteiger partial charge in [0, 0.05) is 50.3 Å². The summed E-state index contributed by atoms with van der Waals surface area (Å²) < 4.78 is 3.92. The fraction of sp³-hybridized carbons (Fsp3) is 0.588. The predicted molar refractivity (Wildman–Crippen MR) is 87.8 cm³/mol. The van der Waals surface area contributed by atoms with Crippen LogP contribution in [0.15, 0.2) is 30.9 Å². The number of aryl methyl sites for hydroxylation is 2. The van der Waals surface area contributed by atoms with E-state index in [1.54, 1.807) is 12.4 Å². The zero-order valence-electron chi connectivity index (χ0n) is 13.8. The largest absolute Gasteiger partial charge is 0.338 e. The minimum atomic E-state index is 0.211. The van der Waals surface area contributed by atoms with E-state index in [0.717, 1.165) is 44.6 Å². The van der Waals surface area contributed by atoms with Crippen molar-refractivity contribution in [2.45, 2.75) is 58.2 Å². The summed E-state index contributed by atoms with van der Waals surface area (Å²) in [5.74, 6) is 1.19. The fourth-order valence-electron chi connectivity index (χ4n) is 3.38. The number of carbonyl (C=O) groups is 1. The SMILES string of the molecule is CCc1nccn1CC(=O)N1CCCC[C@@H]1CCn1cccn1. The lowest BCUT2D eigenvalue weighted by atomic mass is 9.99. The Morgan fingerprint density at radius 1 is 1.30 bits per heavy atom. The molecule has 0 bridgehead atoms. The number of hydrogen-bond acceptors (Lipinski definition) is 3. The second kappa shape index (κ2) is 7.44. The van der Waals surface area contributed by atoms with Crippen LogP contribution in [0.2, 0.25) is 0 Å². The molecule has 0 spiro atoms. The fourth-order valence-corrected chi connectivity index (χ4v) is 3.38. The molecule has 0 unspecified atom stereocenters. The molecule has 124 valence electrons. The molecule has 2 aromatic heterocycles. The van der Waals surface area contributed by atoms with Crippen molar-refractivity contribution in [3.8, 4) is 0 Å². The first-order chi connectivity index (χ1) is 11.3. The molecule has 0 radical (unpaired) electrons. The predicted octanol–water partition coefficient (Wildman–Crippen LogP) is 2.11. The zero-order chi connectivity index (χ0) is 16.1. The molecule has 1 atom stereocenters. The molecule has 2 aromatic rings. The van der Waals surface area contributed by atoms with Gasteiger partial charge in [-0.05, 0) is 31.7 Å². The summed E-state index contributed by atoms with van der Waals surface area (Å²) in [6.45, 7) is 4.21. The number of amides is 1. The van der Waals surface area contributed by atoms with Crippen LogP contribution in [-0.4, -0.2) is 42.7 Å². The smallest absolute Gasteiger partial charge is 0.242 e. The first-order valence-electron chi connectivity index (χ1n) is 8.55. The van der Waals surface area contributed by atoms with E-state index in [4.69, 9.17) is 0 Å². The van der Waals surface area contributed by atoms with Gasteiger partial charge < -0.3 is 9.47 Å². The van der Waals surface area contributed by atoms with Gasteiger partial charge in [-0.25, -0.2) is 4.98 Å². The van der Waals surface area contributed by atoms with Crippen molar-refractivity contribution in [1.29, 1.82) is 0 Å². The molecule has 3 rings (SSSR count). The van der Waals surface area contributed by atoms with Gasteiger partial charge in [0.2, 0.25) is 5.91 Å². The van der Waals surface area contributed by atoms with Crippen LogP contribution in [0.25, 0.3) is 0 Å². The van der Waals surface area contributed by atoms with E-state index in [-0.39, 0.29) is 5.91 Å². The lowest BCUT2D eigenvalue weighted by Crippen LogP contribution is -2.45. The van der Waals surface area contributed by atoms with Gasteiger partial charge in [-0.2, -0.15) is 5.10 Å².